The molecule has 1 saturated heterocycles. The Labute approximate surface area is 96.3 Å². The highest BCUT2D eigenvalue weighted by Gasteiger charge is 2.31. The molecule has 5 nitrogen and oxygen atoms in total. The molecular weight excluding hydrogens is 208 g/mol. The summed E-state index contributed by atoms with van der Waals surface area (Å²) in [5, 5.41) is 2.86. The molecule has 0 atom stereocenters. The van der Waals surface area contributed by atoms with Crippen molar-refractivity contribution in [2.75, 3.05) is 13.1 Å². The van der Waals surface area contributed by atoms with Crippen LogP contribution in [0.4, 0.5) is 4.79 Å². The standard InChI is InChI=1S/C11H20N2O3/c1-5-12-9(14)7-6-8-13(12)10(15)16-11(2,3)4/h5-8H2,1-4H3. The van der Waals surface area contributed by atoms with Crippen molar-refractivity contribution in [2.24, 2.45) is 0 Å². The van der Waals surface area contributed by atoms with E-state index in [1.807, 2.05) is 27.7 Å². The van der Waals surface area contributed by atoms with Gasteiger partial charge in [-0.15, -0.1) is 0 Å². The first-order valence-electron chi connectivity index (χ1n) is 5.66. The molecule has 0 aromatic rings. The lowest BCUT2D eigenvalue weighted by molar-refractivity contribution is -0.152. The average molecular weight is 228 g/mol. The Hall–Kier alpha value is -1.26. The molecule has 0 saturated carbocycles. The number of hydrogen-bond donors (Lipinski definition) is 0. The minimum atomic E-state index is -0.531. The van der Waals surface area contributed by atoms with E-state index in [0.717, 1.165) is 0 Å². The van der Waals surface area contributed by atoms with Crippen molar-refractivity contribution in [1.29, 1.82) is 0 Å². The Morgan fingerprint density at radius 3 is 2.56 bits per heavy atom. The highest BCUT2D eigenvalue weighted by atomic mass is 16.6. The normalized spacial score (nSPS) is 17.6. The second-order valence-corrected chi connectivity index (χ2v) is 4.82. The monoisotopic (exact) mass is 228 g/mol. The van der Waals surface area contributed by atoms with Crippen LogP contribution in [0.2, 0.25) is 0 Å². The summed E-state index contributed by atoms with van der Waals surface area (Å²) in [5.41, 5.74) is -0.531. The van der Waals surface area contributed by atoms with E-state index < -0.39 is 11.7 Å². The van der Waals surface area contributed by atoms with Crippen LogP contribution in [0.5, 0.6) is 0 Å². The van der Waals surface area contributed by atoms with Gasteiger partial charge in [-0.05, 0) is 34.1 Å². The predicted octanol–water partition coefficient (Wildman–Crippen LogP) is 1.78. The van der Waals surface area contributed by atoms with Crippen LogP contribution in [0.1, 0.15) is 40.5 Å². The van der Waals surface area contributed by atoms with Gasteiger partial charge >= 0.3 is 6.09 Å². The van der Waals surface area contributed by atoms with Crippen LogP contribution in [-0.4, -0.2) is 40.7 Å². The van der Waals surface area contributed by atoms with E-state index in [2.05, 4.69) is 0 Å². The van der Waals surface area contributed by atoms with Crippen LogP contribution >= 0.6 is 0 Å². The molecule has 1 fully saturated rings. The van der Waals surface area contributed by atoms with E-state index in [9.17, 15) is 9.59 Å². The second kappa shape index (κ2) is 4.72. The highest BCUT2D eigenvalue weighted by molar-refractivity contribution is 5.80. The van der Waals surface area contributed by atoms with Crippen LogP contribution in [0.3, 0.4) is 0 Å². The molecule has 92 valence electrons. The Bertz CT molecular complexity index is 283. The number of carbonyl (C=O) groups is 2. The largest absolute Gasteiger partial charge is 0.442 e. The molecule has 0 unspecified atom stereocenters. The summed E-state index contributed by atoms with van der Waals surface area (Å²) < 4.78 is 5.25. The van der Waals surface area contributed by atoms with Gasteiger partial charge in [-0.25, -0.2) is 14.8 Å². The van der Waals surface area contributed by atoms with Gasteiger partial charge in [0, 0.05) is 19.5 Å². The minimum absolute atomic E-state index is 0.0143. The highest BCUT2D eigenvalue weighted by Crippen LogP contribution is 2.16. The molecule has 2 amide bonds. The summed E-state index contributed by atoms with van der Waals surface area (Å²) in [4.78, 5) is 23.4. The number of nitrogens with zero attached hydrogens (tertiary/aromatic N) is 2. The summed E-state index contributed by atoms with van der Waals surface area (Å²) in [5.74, 6) is -0.0143. The van der Waals surface area contributed by atoms with Crippen LogP contribution in [0, 0.1) is 0 Å². The van der Waals surface area contributed by atoms with Gasteiger partial charge in [0.2, 0.25) is 5.91 Å². The molecule has 1 aliphatic rings. The van der Waals surface area contributed by atoms with Gasteiger partial charge in [-0.1, -0.05) is 0 Å². The zero-order valence-electron chi connectivity index (χ0n) is 10.4. The second-order valence-electron chi connectivity index (χ2n) is 4.82. The number of hydrogen-bond acceptors (Lipinski definition) is 3. The third kappa shape index (κ3) is 3.12. The van der Waals surface area contributed by atoms with Crippen molar-refractivity contribution in [3.8, 4) is 0 Å². The number of hydrazine groups is 1. The molecule has 1 rings (SSSR count). The van der Waals surface area contributed by atoms with Gasteiger partial charge in [0.15, 0.2) is 0 Å². The molecule has 0 N–H and O–H groups in total. The molecule has 0 aromatic carbocycles. The molecule has 0 aromatic heterocycles. The fraction of sp³-hybridized carbons (Fsp3) is 0.818. The summed E-state index contributed by atoms with van der Waals surface area (Å²) in [6.45, 7) is 8.33. The minimum Gasteiger partial charge on any atom is -0.442 e. The zero-order valence-corrected chi connectivity index (χ0v) is 10.4. The Balaban J connectivity index is 2.70. The molecular formula is C11H20N2O3. The molecule has 5 heteroatoms. The first kappa shape index (κ1) is 12.8. The van der Waals surface area contributed by atoms with E-state index in [4.69, 9.17) is 4.74 Å². The molecule has 1 heterocycles. The molecule has 0 aliphatic carbocycles. The van der Waals surface area contributed by atoms with E-state index in [1.165, 1.54) is 10.0 Å². The smallest absolute Gasteiger partial charge is 0.429 e. The van der Waals surface area contributed by atoms with Gasteiger partial charge in [-0.2, -0.15) is 0 Å². The van der Waals surface area contributed by atoms with Gasteiger partial charge in [0.25, 0.3) is 0 Å². The Morgan fingerprint density at radius 2 is 2.06 bits per heavy atom. The maximum Gasteiger partial charge on any atom is 0.429 e. The topological polar surface area (TPSA) is 49.9 Å². The average Bonchev–Trinajstić information content (AvgIpc) is 2.14. The summed E-state index contributed by atoms with van der Waals surface area (Å²) in [7, 11) is 0. The van der Waals surface area contributed by atoms with Gasteiger partial charge in [-0.3, -0.25) is 4.79 Å². The molecule has 1 aliphatic heterocycles. The van der Waals surface area contributed by atoms with Crippen molar-refractivity contribution >= 4 is 12.0 Å². The van der Waals surface area contributed by atoms with Gasteiger partial charge in [0.05, 0.1) is 0 Å². The van der Waals surface area contributed by atoms with Crippen LogP contribution < -0.4 is 0 Å². The fourth-order valence-corrected chi connectivity index (χ4v) is 1.62. The molecule has 16 heavy (non-hydrogen) atoms. The van der Waals surface area contributed by atoms with Crippen molar-refractivity contribution in [1.82, 2.24) is 10.0 Å². The number of rotatable bonds is 1. The first-order chi connectivity index (χ1) is 7.35. The zero-order chi connectivity index (χ0) is 12.3. The SMILES string of the molecule is CCN1C(=O)CCCN1C(=O)OC(C)(C)C. The van der Waals surface area contributed by atoms with Crippen LogP contribution in [0.25, 0.3) is 0 Å². The lowest BCUT2D eigenvalue weighted by Gasteiger charge is -2.38. The fourth-order valence-electron chi connectivity index (χ4n) is 1.62. The van der Waals surface area contributed by atoms with Crippen molar-refractivity contribution < 1.29 is 14.3 Å². The van der Waals surface area contributed by atoms with Gasteiger partial charge in [0.1, 0.15) is 5.60 Å². The van der Waals surface area contributed by atoms with Crippen molar-refractivity contribution in [3.63, 3.8) is 0 Å². The Morgan fingerprint density at radius 1 is 1.44 bits per heavy atom. The van der Waals surface area contributed by atoms with Crippen molar-refractivity contribution in [3.05, 3.63) is 0 Å². The van der Waals surface area contributed by atoms with Gasteiger partial charge < -0.3 is 4.74 Å². The summed E-state index contributed by atoms with van der Waals surface area (Å²) >= 11 is 0. The number of carbonyl (C=O) groups excluding carboxylic acids is 2. The lowest BCUT2D eigenvalue weighted by atomic mass is 10.2. The van der Waals surface area contributed by atoms with E-state index in [1.54, 1.807) is 0 Å². The van der Waals surface area contributed by atoms with Crippen LogP contribution in [0.15, 0.2) is 0 Å². The van der Waals surface area contributed by atoms with E-state index in [-0.39, 0.29) is 5.91 Å². The summed E-state index contributed by atoms with van der Waals surface area (Å²) in [6.07, 6.45) is 0.768. The summed E-state index contributed by atoms with van der Waals surface area (Å²) in [6, 6.07) is 0. The molecule has 0 radical (unpaired) electrons. The van der Waals surface area contributed by atoms with Crippen molar-refractivity contribution in [2.45, 2.75) is 46.1 Å². The Kier molecular flexibility index (Phi) is 3.78. The molecule has 0 bridgehead atoms. The quantitative estimate of drug-likeness (QED) is 0.687. The number of amides is 2. The van der Waals surface area contributed by atoms with Crippen LogP contribution in [-0.2, 0) is 9.53 Å². The maximum atomic E-state index is 11.8. The third-order valence-electron chi connectivity index (χ3n) is 2.24. The third-order valence-corrected chi connectivity index (χ3v) is 2.24. The number of ether oxygens (including phenoxy) is 1. The lowest BCUT2D eigenvalue weighted by Crippen LogP contribution is -2.54. The van der Waals surface area contributed by atoms with E-state index >= 15 is 0 Å². The first-order valence-corrected chi connectivity index (χ1v) is 5.66. The maximum absolute atomic E-state index is 11.8. The predicted molar refractivity (Wildman–Crippen MR) is 59.6 cm³/mol. The van der Waals surface area contributed by atoms with E-state index in [0.29, 0.717) is 25.9 Å². The molecule has 0 spiro atoms.